The lowest BCUT2D eigenvalue weighted by Gasteiger charge is -2.37. The Kier molecular flexibility index (Phi) is 2.49. The van der Waals surface area contributed by atoms with E-state index in [9.17, 15) is 0 Å². The van der Waals surface area contributed by atoms with E-state index in [2.05, 4.69) is 46.3 Å². The number of fused-ring (bicyclic) bond motifs is 4. The van der Waals surface area contributed by atoms with Crippen LogP contribution in [-0.4, -0.2) is 23.3 Å². The van der Waals surface area contributed by atoms with Gasteiger partial charge >= 0.3 is 0 Å². The fraction of sp³-hybridized carbons (Fsp3) is 0.368. The van der Waals surface area contributed by atoms with Gasteiger partial charge in [0.05, 0.1) is 11.0 Å². The summed E-state index contributed by atoms with van der Waals surface area (Å²) in [6, 6.07) is 8.79. The van der Waals surface area contributed by atoms with Crippen molar-refractivity contribution >= 4 is 27.5 Å². The molecule has 3 aromatic rings. The number of benzene rings is 2. The van der Waals surface area contributed by atoms with E-state index in [1.54, 1.807) is 0 Å². The quantitative estimate of drug-likeness (QED) is 0.590. The molecule has 0 bridgehead atoms. The van der Waals surface area contributed by atoms with Gasteiger partial charge in [-0.2, -0.15) is 0 Å². The second-order valence-electron chi connectivity index (χ2n) is 6.67. The molecule has 1 aromatic heterocycles. The van der Waals surface area contributed by atoms with Crippen molar-refractivity contribution in [2.45, 2.75) is 32.6 Å². The van der Waals surface area contributed by atoms with Gasteiger partial charge < -0.3 is 4.90 Å². The van der Waals surface area contributed by atoms with Crippen LogP contribution in [-0.2, 0) is 12.8 Å². The van der Waals surface area contributed by atoms with Crippen LogP contribution in [0.5, 0.6) is 0 Å². The van der Waals surface area contributed by atoms with Crippen molar-refractivity contribution in [3.05, 3.63) is 41.0 Å². The van der Waals surface area contributed by atoms with E-state index in [0.717, 1.165) is 11.0 Å². The highest BCUT2D eigenvalue weighted by Crippen LogP contribution is 2.41. The fourth-order valence-electron chi connectivity index (χ4n) is 4.27. The zero-order chi connectivity index (χ0) is 14.7. The third kappa shape index (κ3) is 1.62. The normalized spacial score (nSPS) is 17.0. The van der Waals surface area contributed by atoms with Crippen molar-refractivity contribution in [3.8, 4) is 0 Å². The van der Waals surface area contributed by atoms with E-state index < -0.39 is 0 Å². The molecule has 3 heterocycles. The molecule has 3 nitrogen and oxygen atoms in total. The van der Waals surface area contributed by atoms with Crippen LogP contribution in [0.3, 0.4) is 0 Å². The van der Waals surface area contributed by atoms with Gasteiger partial charge in [-0.1, -0.05) is 11.6 Å². The van der Waals surface area contributed by atoms with Crippen LogP contribution in [0.4, 0.5) is 5.69 Å². The van der Waals surface area contributed by atoms with Crippen LogP contribution < -0.4 is 4.90 Å². The Labute approximate surface area is 130 Å². The molecule has 2 aliphatic heterocycles. The average Bonchev–Trinajstić information content (AvgIpc) is 2.55. The van der Waals surface area contributed by atoms with E-state index in [1.807, 2.05) is 0 Å². The van der Waals surface area contributed by atoms with E-state index in [-0.39, 0.29) is 0 Å². The molecule has 0 atom stereocenters. The third-order valence-corrected chi connectivity index (χ3v) is 5.19. The first-order valence-corrected chi connectivity index (χ1v) is 8.28. The zero-order valence-corrected chi connectivity index (χ0v) is 12.9. The molecule has 0 radical (unpaired) electrons. The van der Waals surface area contributed by atoms with E-state index >= 15 is 0 Å². The molecular weight excluding hydrogens is 270 g/mol. The van der Waals surface area contributed by atoms with Crippen molar-refractivity contribution in [3.63, 3.8) is 0 Å². The van der Waals surface area contributed by atoms with E-state index in [0.29, 0.717) is 0 Å². The molecule has 0 fully saturated rings. The van der Waals surface area contributed by atoms with E-state index in [4.69, 9.17) is 0 Å². The lowest BCUT2D eigenvalue weighted by atomic mass is 9.88. The molecule has 0 N–H and O–H groups in total. The number of aryl methyl sites for hydroxylation is 3. The molecular formula is C19H19N3. The molecule has 0 amide bonds. The summed E-state index contributed by atoms with van der Waals surface area (Å²) in [5.74, 6) is 0. The number of hydrogen-bond donors (Lipinski definition) is 0. The van der Waals surface area contributed by atoms with Gasteiger partial charge in [-0.05, 0) is 61.9 Å². The first-order chi connectivity index (χ1) is 10.8. The van der Waals surface area contributed by atoms with Crippen LogP contribution in [0.2, 0.25) is 0 Å². The van der Waals surface area contributed by atoms with Gasteiger partial charge in [-0.25, -0.2) is 0 Å². The number of aromatic nitrogens is 2. The van der Waals surface area contributed by atoms with Gasteiger partial charge in [0.15, 0.2) is 0 Å². The van der Waals surface area contributed by atoms with Crippen LogP contribution in [0.1, 0.15) is 29.5 Å². The predicted molar refractivity (Wildman–Crippen MR) is 90.6 cm³/mol. The van der Waals surface area contributed by atoms with Gasteiger partial charge in [-0.3, -0.25) is 0 Å². The lowest BCUT2D eigenvalue weighted by Crippen LogP contribution is -2.34. The number of anilines is 1. The Morgan fingerprint density at radius 2 is 1.77 bits per heavy atom. The first kappa shape index (κ1) is 12.4. The Balaban J connectivity index is 1.97. The molecule has 0 aliphatic carbocycles. The summed E-state index contributed by atoms with van der Waals surface area (Å²) in [5, 5.41) is 11.6. The van der Waals surface area contributed by atoms with Gasteiger partial charge in [0.1, 0.15) is 0 Å². The third-order valence-electron chi connectivity index (χ3n) is 5.19. The summed E-state index contributed by atoms with van der Waals surface area (Å²) in [4.78, 5) is 2.60. The number of nitrogens with zero attached hydrogens (tertiary/aromatic N) is 3. The van der Waals surface area contributed by atoms with Gasteiger partial charge in [-0.15, -0.1) is 10.2 Å². The molecule has 5 rings (SSSR count). The Morgan fingerprint density at radius 1 is 0.955 bits per heavy atom. The maximum absolute atomic E-state index is 4.54. The summed E-state index contributed by atoms with van der Waals surface area (Å²) in [6.45, 7) is 4.57. The molecule has 0 spiro atoms. The molecule has 110 valence electrons. The van der Waals surface area contributed by atoms with Crippen molar-refractivity contribution in [1.82, 2.24) is 10.2 Å². The van der Waals surface area contributed by atoms with Crippen LogP contribution in [0.15, 0.2) is 24.3 Å². The maximum atomic E-state index is 4.54. The number of rotatable bonds is 0. The number of hydrogen-bond acceptors (Lipinski definition) is 3. The second kappa shape index (κ2) is 4.42. The minimum Gasteiger partial charge on any atom is -0.371 e. The Morgan fingerprint density at radius 3 is 2.68 bits per heavy atom. The second-order valence-corrected chi connectivity index (χ2v) is 6.67. The molecule has 0 saturated heterocycles. The van der Waals surface area contributed by atoms with Crippen LogP contribution in [0.25, 0.3) is 21.8 Å². The topological polar surface area (TPSA) is 29.0 Å². The standard InChI is InChI=1S/C19H19N3/c1-12-6-7-16-15(10-12)18-14-5-3-9-22-8-2-4-13(19(14)22)11-17(18)21-20-16/h6-7,10-11H,2-5,8-9H2,1H3. The highest BCUT2D eigenvalue weighted by molar-refractivity contribution is 6.08. The summed E-state index contributed by atoms with van der Waals surface area (Å²) >= 11 is 0. The predicted octanol–water partition coefficient (Wildman–Crippen LogP) is 3.79. The van der Waals surface area contributed by atoms with Gasteiger partial charge in [0, 0.05) is 29.5 Å². The van der Waals surface area contributed by atoms with Gasteiger partial charge in [0.25, 0.3) is 0 Å². The smallest absolute Gasteiger partial charge is 0.0943 e. The molecule has 3 heteroatoms. The minimum absolute atomic E-state index is 1.02. The molecule has 0 unspecified atom stereocenters. The highest BCUT2D eigenvalue weighted by atomic mass is 15.1. The summed E-state index contributed by atoms with van der Waals surface area (Å²) in [6.07, 6.45) is 4.87. The monoisotopic (exact) mass is 289 g/mol. The Bertz CT molecular complexity index is 912. The van der Waals surface area contributed by atoms with Crippen molar-refractivity contribution in [2.75, 3.05) is 18.0 Å². The van der Waals surface area contributed by atoms with E-state index in [1.165, 1.54) is 71.9 Å². The lowest BCUT2D eigenvalue weighted by molar-refractivity contribution is 0.637. The average molecular weight is 289 g/mol. The SMILES string of the molecule is Cc1ccc2nnc3cc4c5c(c3c2c1)CCCN5CCC4. The first-order valence-electron chi connectivity index (χ1n) is 8.28. The maximum Gasteiger partial charge on any atom is 0.0943 e. The molecule has 22 heavy (non-hydrogen) atoms. The van der Waals surface area contributed by atoms with Crippen molar-refractivity contribution in [2.24, 2.45) is 0 Å². The fourth-order valence-corrected chi connectivity index (χ4v) is 4.27. The largest absolute Gasteiger partial charge is 0.371 e. The van der Waals surface area contributed by atoms with Crippen LogP contribution >= 0.6 is 0 Å². The Hall–Kier alpha value is -2.16. The molecule has 0 saturated carbocycles. The summed E-state index contributed by atoms with van der Waals surface area (Å²) in [5.41, 5.74) is 7.90. The zero-order valence-electron chi connectivity index (χ0n) is 12.9. The van der Waals surface area contributed by atoms with Gasteiger partial charge in [0.2, 0.25) is 0 Å². The molecule has 2 aliphatic rings. The summed E-state index contributed by atoms with van der Waals surface area (Å²) in [7, 11) is 0. The van der Waals surface area contributed by atoms with Crippen molar-refractivity contribution in [1.29, 1.82) is 0 Å². The molecule has 2 aromatic carbocycles. The summed E-state index contributed by atoms with van der Waals surface area (Å²) < 4.78 is 0. The highest BCUT2D eigenvalue weighted by Gasteiger charge is 2.26. The van der Waals surface area contributed by atoms with Crippen molar-refractivity contribution < 1.29 is 0 Å². The minimum atomic E-state index is 1.02. The van der Waals surface area contributed by atoms with Crippen LogP contribution in [0, 0.1) is 6.92 Å².